The first-order chi connectivity index (χ1) is 8.54. The van der Waals surface area contributed by atoms with Gasteiger partial charge >= 0.3 is 0 Å². The van der Waals surface area contributed by atoms with Crippen LogP contribution in [0.1, 0.15) is 32.2 Å². The van der Waals surface area contributed by atoms with E-state index in [0.29, 0.717) is 0 Å². The molecule has 0 spiro atoms. The van der Waals surface area contributed by atoms with E-state index in [9.17, 15) is 0 Å². The molecule has 0 saturated heterocycles. The number of nitrogens with zero attached hydrogens (tertiary/aromatic N) is 3. The van der Waals surface area contributed by atoms with E-state index < -0.39 is 0 Å². The van der Waals surface area contributed by atoms with Gasteiger partial charge < -0.3 is 9.88 Å². The molecular weight excluding hydrogens is 244 g/mol. The standard InChI is InChI=1S/C13H20N4S/c1-13(2,3)16-7-12-6-14-9-17(12)5-4-11-8-18-10-15-11/h6,8-10,16H,4-5,7H2,1-3H3. The van der Waals surface area contributed by atoms with Crippen molar-refractivity contribution >= 4 is 11.3 Å². The highest BCUT2D eigenvalue weighted by atomic mass is 32.1. The van der Waals surface area contributed by atoms with Crippen LogP contribution in [-0.2, 0) is 19.5 Å². The Morgan fingerprint density at radius 2 is 2.22 bits per heavy atom. The molecule has 0 unspecified atom stereocenters. The molecule has 2 aromatic rings. The molecule has 0 aliphatic heterocycles. The average molecular weight is 264 g/mol. The maximum Gasteiger partial charge on any atom is 0.0948 e. The molecule has 0 fully saturated rings. The highest BCUT2D eigenvalue weighted by molar-refractivity contribution is 7.07. The second-order valence-electron chi connectivity index (χ2n) is 5.41. The Balaban J connectivity index is 1.91. The quantitative estimate of drug-likeness (QED) is 0.902. The fraction of sp³-hybridized carbons (Fsp3) is 0.538. The molecule has 2 aromatic heterocycles. The molecular formula is C13H20N4S. The van der Waals surface area contributed by atoms with Crippen LogP contribution >= 0.6 is 11.3 Å². The smallest absolute Gasteiger partial charge is 0.0948 e. The van der Waals surface area contributed by atoms with Gasteiger partial charge in [-0.05, 0) is 20.8 Å². The van der Waals surface area contributed by atoms with Gasteiger partial charge in [0, 0.05) is 36.6 Å². The lowest BCUT2D eigenvalue weighted by atomic mass is 10.1. The van der Waals surface area contributed by atoms with E-state index in [0.717, 1.165) is 25.2 Å². The van der Waals surface area contributed by atoms with Gasteiger partial charge in [-0.15, -0.1) is 11.3 Å². The van der Waals surface area contributed by atoms with E-state index in [1.165, 1.54) is 5.69 Å². The van der Waals surface area contributed by atoms with E-state index in [-0.39, 0.29) is 5.54 Å². The zero-order chi connectivity index (χ0) is 13.0. The van der Waals surface area contributed by atoms with Crippen molar-refractivity contribution in [2.24, 2.45) is 0 Å². The van der Waals surface area contributed by atoms with Crippen molar-refractivity contribution in [2.75, 3.05) is 0 Å². The van der Waals surface area contributed by atoms with Crippen LogP contribution in [0.5, 0.6) is 0 Å². The first-order valence-corrected chi connectivity index (χ1v) is 7.10. The highest BCUT2D eigenvalue weighted by Gasteiger charge is 2.10. The first-order valence-electron chi connectivity index (χ1n) is 6.16. The third-order valence-electron chi connectivity index (χ3n) is 2.69. The second-order valence-corrected chi connectivity index (χ2v) is 6.13. The van der Waals surface area contributed by atoms with E-state index in [2.05, 4.69) is 46.0 Å². The van der Waals surface area contributed by atoms with Crippen LogP contribution in [0.4, 0.5) is 0 Å². The number of hydrogen-bond donors (Lipinski definition) is 1. The molecule has 5 heteroatoms. The van der Waals surface area contributed by atoms with Crippen molar-refractivity contribution in [3.63, 3.8) is 0 Å². The van der Waals surface area contributed by atoms with Crippen LogP contribution in [0.25, 0.3) is 0 Å². The number of imidazole rings is 1. The van der Waals surface area contributed by atoms with Crippen molar-refractivity contribution in [3.8, 4) is 0 Å². The van der Waals surface area contributed by atoms with Crippen molar-refractivity contribution in [3.05, 3.63) is 34.8 Å². The predicted octanol–water partition coefficient (Wildman–Crippen LogP) is 2.47. The second kappa shape index (κ2) is 5.63. The predicted molar refractivity (Wildman–Crippen MR) is 74.6 cm³/mol. The van der Waals surface area contributed by atoms with Crippen LogP contribution in [0.15, 0.2) is 23.4 Å². The minimum atomic E-state index is 0.129. The molecule has 0 bridgehead atoms. The van der Waals surface area contributed by atoms with Crippen LogP contribution in [-0.4, -0.2) is 20.1 Å². The Labute approximate surface area is 112 Å². The molecule has 0 saturated carbocycles. The van der Waals surface area contributed by atoms with Gasteiger partial charge in [-0.2, -0.15) is 0 Å². The summed E-state index contributed by atoms with van der Waals surface area (Å²) in [6.07, 6.45) is 4.79. The summed E-state index contributed by atoms with van der Waals surface area (Å²) in [5, 5.41) is 5.58. The lowest BCUT2D eigenvalue weighted by Crippen LogP contribution is -2.35. The zero-order valence-electron chi connectivity index (χ0n) is 11.2. The third-order valence-corrected chi connectivity index (χ3v) is 3.33. The normalized spacial score (nSPS) is 11.9. The topological polar surface area (TPSA) is 42.7 Å². The summed E-state index contributed by atoms with van der Waals surface area (Å²) >= 11 is 1.65. The average Bonchev–Trinajstić information content (AvgIpc) is 2.94. The fourth-order valence-corrected chi connectivity index (χ4v) is 2.24. The molecule has 0 aliphatic carbocycles. The molecule has 0 atom stereocenters. The lowest BCUT2D eigenvalue weighted by molar-refractivity contribution is 0.415. The minimum absolute atomic E-state index is 0.129. The van der Waals surface area contributed by atoms with E-state index in [1.807, 2.05) is 18.0 Å². The van der Waals surface area contributed by atoms with E-state index >= 15 is 0 Å². The van der Waals surface area contributed by atoms with Crippen molar-refractivity contribution in [1.82, 2.24) is 19.9 Å². The molecule has 4 nitrogen and oxygen atoms in total. The van der Waals surface area contributed by atoms with Gasteiger partial charge in [0.05, 0.1) is 23.2 Å². The van der Waals surface area contributed by atoms with Gasteiger partial charge in [0.1, 0.15) is 0 Å². The molecule has 0 aromatic carbocycles. The van der Waals surface area contributed by atoms with Crippen LogP contribution < -0.4 is 5.32 Å². The summed E-state index contributed by atoms with van der Waals surface area (Å²) in [5.74, 6) is 0. The summed E-state index contributed by atoms with van der Waals surface area (Å²) in [7, 11) is 0. The number of rotatable bonds is 5. The van der Waals surface area contributed by atoms with Gasteiger partial charge in [-0.3, -0.25) is 0 Å². The maximum atomic E-state index is 4.30. The molecule has 2 rings (SSSR count). The highest BCUT2D eigenvalue weighted by Crippen LogP contribution is 2.07. The largest absolute Gasteiger partial charge is 0.333 e. The number of nitrogens with one attached hydrogen (secondary N) is 1. The molecule has 98 valence electrons. The summed E-state index contributed by atoms with van der Waals surface area (Å²) < 4.78 is 2.19. The van der Waals surface area contributed by atoms with Gasteiger partial charge in [-0.1, -0.05) is 0 Å². The number of thiazole rings is 1. The SMILES string of the molecule is CC(C)(C)NCc1cncn1CCc1cscn1. The van der Waals surface area contributed by atoms with Crippen LogP contribution in [0.3, 0.4) is 0 Å². The van der Waals surface area contributed by atoms with Crippen LogP contribution in [0, 0.1) is 0 Å². The Kier molecular flexibility index (Phi) is 4.14. The molecule has 2 heterocycles. The van der Waals surface area contributed by atoms with E-state index in [1.54, 1.807) is 11.3 Å². The Morgan fingerprint density at radius 1 is 1.39 bits per heavy atom. The Bertz CT molecular complexity index is 467. The third kappa shape index (κ3) is 3.92. The van der Waals surface area contributed by atoms with Crippen LogP contribution in [0.2, 0.25) is 0 Å². The monoisotopic (exact) mass is 264 g/mol. The lowest BCUT2D eigenvalue weighted by Gasteiger charge is -2.20. The van der Waals surface area contributed by atoms with Gasteiger partial charge in [0.25, 0.3) is 0 Å². The minimum Gasteiger partial charge on any atom is -0.333 e. The molecule has 1 N–H and O–H groups in total. The van der Waals surface area contributed by atoms with Gasteiger partial charge in [0.2, 0.25) is 0 Å². The molecule has 18 heavy (non-hydrogen) atoms. The maximum absolute atomic E-state index is 4.30. The fourth-order valence-electron chi connectivity index (χ4n) is 1.65. The van der Waals surface area contributed by atoms with Crippen molar-refractivity contribution < 1.29 is 0 Å². The summed E-state index contributed by atoms with van der Waals surface area (Å²) in [6.45, 7) is 8.29. The molecule has 0 aliphatic rings. The number of aryl methyl sites for hydroxylation is 2. The Morgan fingerprint density at radius 3 is 2.89 bits per heavy atom. The van der Waals surface area contributed by atoms with Gasteiger partial charge in [0.15, 0.2) is 0 Å². The summed E-state index contributed by atoms with van der Waals surface area (Å²) in [5.41, 5.74) is 4.39. The number of aromatic nitrogens is 3. The number of hydrogen-bond acceptors (Lipinski definition) is 4. The molecule has 0 radical (unpaired) electrons. The summed E-state index contributed by atoms with van der Waals surface area (Å²) in [6, 6.07) is 0. The van der Waals surface area contributed by atoms with Gasteiger partial charge in [-0.25, -0.2) is 9.97 Å². The van der Waals surface area contributed by atoms with Crippen molar-refractivity contribution in [2.45, 2.75) is 45.8 Å². The van der Waals surface area contributed by atoms with E-state index in [4.69, 9.17) is 0 Å². The van der Waals surface area contributed by atoms with Crippen molar-refractivity contribution in [1.29, 1.82) is 0 Å². The summed E-state index contributed by atoms with van der Waals surface area (Å²) in [4.78, 5) is 8.53. The first kappa shape index (κ1) is 13.2. The zero-order valence-corrected chi connectivity index (χ0v) is 12.0. The molecule has 0 amide bonds. The Hall–Kier alpha value is -1.20.